The number of isocyanates is 2. The van der Waals surface area contributed by atoms with Crippen LogP contribution in [0, 0.1) is 10.8 Å². The topological polar surface area (TPSA) is 188 Å². The van der Waals surface area contributed by atoms with Crippen molar-refractivity contribution in [1.82, 2.24) is 0 Å². The Bertz CT molecular complexity index is 253. The number of carbonyl (C=O) groups excluding carboxylic acids is 3. The van der Waals surface area contributed by atoms with Gasteiger partial charge in [0.1, 0.15) is 6.04 Å². The van der Waals surface area contributed by atoms with E-state index in [4.69, 9.17) is 31.2 Å². The van der Waals surface area contributed by atoms with Crippen molar-refractivity contribution in [3.8, 4) is 0 Å². The molecule has 0 aliphatic rings. The fourth-order valence-corrected chi connectivity index (χ4v) is 0.304. The second-order valence-corrected chi connectivity index (χ2v) is 1.82. The van der Waals surface area contributed by atoms with Crippen LogP contribution in [0.1, 0.15) is 6.42 Å². The van der Waals surface area contributed by atoms with Crippen LogP contribution in [0.3, 0.4) is 0 Å². The SMILES string of the molecule is N=C=O.N=C=O.NC(=O)CC(N)C(=O)O. The van der Waals surface area contributed by atoms with E-state index < -0.39 is 17.9 Å². The number of carboxylic acid groups (broad SMARTS) is 1. The molecule has 0 saturated carbocycles. The third-order valence-corrected chi connectivity index (χ3v) is 0.738. The molecular formula is C6H10N4O5. The van der Waals surface area contributed by atoms with Crippen LogP contribution in [0.15, 0.2) is 0 Å². The van der Waals surface area contributed by atoms with Gasteiger partial charge in [-0.3, -0.25) is 9.59 Å². The van der Waals surface area contributed by atoms with Crippen molar-refractivity contribution in [2.24, 2.45) is 11.5 Å². The van der Waals surface area contributed by atoms with Crippen molar-refractivity contribution in [2.45, 2.75) is 12.5 Å². The molecule has 0 bridgehead atoms. The number of nitrogens with two attached hydrogens (primary N) is 2. The molecule has 0 rings (SSSR count). The van der Waals surface area contributed by atoms with E-state index in [1.54, 1.807) is 0 Å². The van der Waals surface area contributed by atoms with Crippen molar-refractivity contribution >= 4 is 24.0 Å². The Morgan fingerprint density at radius 2 is 1.53 bits per heavy atom. The number of hydrogen-bond donors (Lipinski definition) is 5. The fourth-order valence-electron chi connectivity index (χ4n) is 0.304. The molecule has 0 aliphatic carbocycles. The Morgan fingerprint density at radius 3 is 1.60 bits per heavy atom. The number of rotatable bonds is 3. The number of primary amides is 1. The van der Waals surface area contributed by atoms with Crippen LogP contribution in [0.5, 0.6) is 0 Å². The summed E-state index contributed by atoms with van der Waals surface area (Å²) < 4.78 is 0. The van der Waals surface area contributed by atoms with E-state index in [2.05, 4.69) is 5.73 Å². The highest BCUT2D eigenvalue weighted by Crippen LogP contribution is 1.84. The summed E-state index contributed by atoms with van der Waals surface area (Å²) in [5, 5.41) is 18.9. The standard InChI is InChI=1S/C4H8N2O3.2CHNO/c5-2(4(8)9)1-3(6)7;2*2-1-3/h2H,1,5H2,(H2,6,7)(H,8,9);2*2H. The summed E-state index contributed by atoms with van der Waals surface area (Å²) in [5.41, 5.74) is 9.57. The first-order valence-electron chi connectivity index (χ1n) is 3.21. The number of hydrogen-bond acceptors (Lipinski definition) is 7. The smallest absolute Gasteiger partial charge is 0.321 e. The molecule has 0 aromatic heterocycles. The molecule has 0 fully saturated rings. The summed E-state index contributed by atoms with van der Waals surface area (Å²) in [6, 6.07) is -1.16. The van der Waals surface area contributed by atoms with E-state index >= 15 is 0 Å². The number of carboxylic acids is 1. The van der Waals surface area contributed by atoms with E-state index in [0.29, 0.717) is 0 Å². The highest BCUT2D eigenvalue weighted by molar-refractivity contribution is 5.83. The number of amides is 1. The van der Waals surface area contributed by atoms with Crippen LogP contribution < -0.4 is 11.5 Å². The molecular weight excluding hydrogens is 208 g/mol. The Hall–Kier alpha value is -2.34. The molecule has 0 aliphatic heterocycles. The number of aliphatic carboxylic acids is 1. The van der Waals surface area contributed by atoms with Gasteiger partial charge in [-0.25, -0.2) is 20.4 Å². The molecule has 84 valence electrons. The summed E-state index contributed by atoms with van der Waals surface area (Å²) in [6.45, 7) is 0. The zero-order valence-electron chi connectivity index (χ0n) is 7.52. The van der Waals surface area contributed by atoms with E-state index in [9.17, 15) is 9.59 Å². The quantitative estimate of drug-likeness (QED) is 0.271. The van der Waals surface area contributed by atoms with Gasteiger partial charge in [0.2, 0.25) is 18.1 Å². The van der Waals surface area contributed by atoms with Gasteiger partial charge in [0.25, 0.3) is 0 Å². The first-order chi connectivity index (χ1) is 6.87. The number of nitrogens with one attached hydrogen (secondary N) is 2. The van der Waals surface area contributed by atoms with Gasteiger partial charge in [-0.2, -0.15) is 0 Å². The molecule has 1 atom stereocenters. The second kappa shape index (κ2) is 14.2. The van der Waals surface area contributed by atoms with Gasteiger partial charge in [-0.1, -0.05) is 0 Å². The first-order valence-corrected chi connectivity index (χ1v) is 3.21. The van der Waals surface area contributed by atoms with Crippen molar-refractivity contribution in [2.75, 3.05) is 0 Å². The molecule has 1 unspecified atom stereocenters. The molecule has 0 spiro atoms. The summed E-state index contributed by atoms with van der Waals surface area (Å²) in [4.78, 5) is 36.6. The molecule has 0 aromatic carbocycles. The van der Waals surface area contributed by atoms with Crippen LogP contribution in [0.25, 0.3) is 0 Å². The Labute approximate surface area is 84.1 Å². The molecule has 0 radical (unpaired) electrons. The molecule has 0 aromatic rings. The van der Waals surface area contributed by atoms with Crippen molar-refractivity contribution in [3.63, 3.8) is 0 Å². The van der Waals surface area contributed by atoms with Crippen LogP contribution in [-0.2, 0) is 19.2 Å². The molecule has 0 heterocycles. The average Bonchev–Trinajstić information content (AvgIpc) is 2.05. The monoisotopic (exact) mass is 218 g/mol. The van der Waals surface area contributed by atoms with E-state index in [-0.39, 0.29) is 6.42 Å². The minimum Gasteiger partial charge on any atom is -0.480 e. The first kappa shape index (κ1) is 18.4. The maximum absolute atomic E-state index is 9.99. The van der Waals surface area contributed by atoms with Gasteiger partial charge in [0.15, 0.2) is 0 Å². The minimum atomic E-state index is -1.21. The largest absolute Gasteiger partial charge is 0.480 e. The van der Waals surface area contributed by atoms with Crippen molar-refractivity contribution < 1.29 is 24.3 Å². The van der Waals surface area contributed by atoms with Crippen molar-refractivity contribution in [3.05, 3.63) is 0 Å². The molecule has 1 amide bonds. The predicted molar refractivity (Wildman–Crippen MR) is 46.2 cm³/mol. The maximum atomic E-state index is 9.99. The van der Waals surface area contributed by atoms with E-state index in [1.807, 2.05) is 0 Å². The van der Waals surface area contributed by atoms with Gasteiger partial charge < -0.3 is 16.6 Å². The summed E-state index contributed by atoms with van der Waals surface area (Å²) in [7, 11) is 0. The predicted octanol–water partition coefficient (Wildman–Crippen LogP) is -1.92. The van der Waals surface area contributed by atoms with Gasteiger partial charge in [0.05, 0.1) is 6.42 Å². The Morgan fingerprint density at radius 1 is 1.27 bits per heavy atom. The van der Waals surface area contributed by atoms with Crippen LogP contribution in [0.2, 0.25) is 0 Å². The molecule has 15 heavy (non-hydrogen) atoms. The number of carbonyl (C=O) groups is 2. The Balaban J connectivity index is -0.000000200. The van der Waals surface area contributed by atoms with Crippen LogP contribution in [-0.4, -0.2) is 35.2 Å². The minimum absolute atomic E-state index is 0.310. The van der Waals surface area contributed by atoms with Crippen LogP contribution >= 0.6 is 0 Å². The third kappa shape index (κ3) is 34.0. The summed E-state index contributed by atoms with van der Waals surface area (Å²) >= 11 is 0. The average molecular weight is 218 g/mol. The lowest BCUT2D eigenvalue weighted by Gasteiger charge is -1.99. The lowest BCUT2D eigenvalue weighted by molar-refractivity contribution is -0.140. The third-order valence-electron chi connectivity index (χ3n) is 0.738. The van der Waals surface area contributed by atoms with E-state index in [0.717, 1.165) is 12.2 Å². The van der Waals surface area contributed by atoms with Crippen molar-refractivity contribution in [1.29, 1.82) is 10.8 Å². The second-order valence-electron chi connectivity index (χ2n) is 1.82. The lowest BCUT2D eigenvalue weighted by atomic mass is 10.2. The maximum Gasteiger partial charge on any atom is 0.321 e. The fraction of sp³-hybridized carbons (Fsp3) is 0.333. The molecule has 9 nitrogen and oxygen atoms in total. The van der Waals surface area contributed by atoms with Gasteiger partial charge in [-0.15, -0.1) is 0 Å². The van der Waals surface area contributed by atoms with Crippen LogP contribution in [0.4, 0.5) is 0 Å². The summed E-state index contributed by atoms with van der Waals surface area (Å²) in [5.74, 6) is -1.92. The molecule has 7 N–H and O–H groups in total. The molecule has 9 heteroatoms. The zero-order chi connectivity index (χ0) is 12.9. The lowest BCUT2D eigenvalue weighted by Crippen LogP contribution is -2.34. The van der Waals surface area contributed by atoms with Gasteiger partial charge in [-0.05, 0) is 0 Å². The highest BCUT2D eigenvalue weighted by Gasteiger charge is 2.13. The van der Waals surface area contributed by atoms with Gasteiger partial charge >= 0.3 is 5.97 Å². The molecule has 0 saturated heterocycles. The van der Waals surface area contributed by atoms with E-state index in [1.165, 1.54) is 0 Å². The normalized spacial score (nSPS) is 8.60. The highest BCUT2D eigenvalue weighted by atomic mass is 16.4. The zero-order valence-corrected chi connectivity index (χ0v) is 7.52. The summed E-state index contributed by atoms with van der Waals surface area (Å²) in [6.07, 6.45) is 1.19. The Kier molecular flexibility index (Phi) is 17.5. The van der Waals surface area contributed by atoms with Gasteiger partial charge in [0, 0.05) is 0 Å².